The monoisotopic (exact) mass is 205 g/mol. The molecule has 15 heavy (non-hydrogen) atoms. The molecular formula is C13H19NO. The summed E-state index contributed by atoms with van der Waals surface area (Å²) in [6.07, 6.45) is 2.26. The zero-order valence-corrected chi connectivity index (χ0v) is 9.87. The van der Waals surface area contributed by atoms with Crippen molar-refractivity contribution in [2.24, 2.45) is 0 Å². The van der Waals surface area contributed by atoms with Gasteiger partial charge in [0, 0.05) is 11.3 Å². The Bertz CT molecular complexity index is 363. The van der Waals surface area contributed by atoms with Gasteiger partial charge < -0.3 is 10.5 Å². The van der Waals surface area contributed by atoms with Crippen molar-refractivity contribution in [1.29, 1.82) is 0 Å². The average molecular weight is 205 g/mol. The molecule has 82 valence electrons. The molecule has 1 rings (SSSR count). The summed E-state index contributed by atoms with van der Waals surface area (Å²) in [6.45, 7) is 8.15. The summed E-state index contributed by atoms with van der Waals surface area (Å²) >= 11 is 0. The van der Waals surface area contributed by atoms with Crippen LogP contribution in [0.15, 0.2) is 23.8 Å². The smallest absolute Gasteiger partial charge is 0.127 e. The lowest BCUT2D eigenvalue weighted by Crippen LogP contribution is -2.06. The highest BCUT2D eigenvalue weighted by Gasteiger charge is 2.03. The summed E-state index contributed by atoms with van der Waals surface area (Å²) in [5.41, 5.74) is 8.79. The Morgan fingerprint density at radius 3 is 2.53 bits per heavy atom. The Hall–Kier alpha value is -1.44. The Morgan fingerprint density at radius 2 is 2.00 bits per heavy atom. The Kier molecular flexibility index (Phi) is 3.78. The molecule has 0 spiro atoms. The molecule has 2 N–H and O–H groups in total. The molecule has 0 unspecified atom stereocenters. The van der Waals surface area contributed by atoms with Gasteiger partial charge in [-0.05, 0) is 45.9 Å². The highest BCUT2D eigenvalue weighted by molar-refractivity contribution is 5.63. The number of rotatable bonds is 3. The predicted molar refractivity (Wildman–Crippen MR) is 65.9 cm³/mol. The van der Waals surface area contributed by atoms with Gasteiger partial charge in [0.25, 0.3) is 0 Å². The number of benzene rings is 1. The Labute approximate surface area is 91.7 Å². The zero-order valence-electron chi connectivity index (χ0n) is 9.87. The zero-order chi connectivity index (χ0) is 11.4. The topological polar surface area (TPSA) is 35.2 Å². The van der Waals surface area contributed by atoms with E-state index in [4.69, 9.17) is 10.5 Å². The molecule has 0 saturated heterocycles. The van der Waals surface area contributed by atoms with E-state index in [2.05, 4.69) is 19.9 Å². The molecular weight excluding hydrogens is 186 g/mol. The van der Waals surface area contributed by atoms with E-state index in [-0.39, 0.29) is 6.10 Å². The van der Waals surface area contributed by atoms with Crippen LogP contribution in [0.5, 0.6) is 5.75 Å². The number of allylic oxidation sites excluding steroid dienone is 1. The number of ether oxygens (including phenoxy) is 1. The highest BCUT2D eigenvalue weighted by Crippen LogP contribution is 2.24. The van der Waals surface area contributed by atoms with Gasteiger partial charge in [0.1, 0.15) is 5.75 Å². The van der Waals surface area contributed by atoms with Gasteiger partial charge in [-0.25, -0.2) is 0 Å². The summed E-state index contributed by atoms with van der Waals surface area (Å²) in [5, 5.41) is 0. The normalized spacial score (nSPS) is 10.2. The molecule has 0 bridgehead atoms. The van der Waals surface area contributed by atoms with Crippen LogP contribution in [0.3, 0.4) is 0 Å². The van der Waals surface area contributed by atoms with Crippen LogP contribution >= 0.6 is 0 Å². The van der Waals surface area contributed by atoms with E-state index in [1.54, 1.807) is 0 Å². The van der Waals surface area contributed by atoms with E-state index in [0.717, 1.165) is 17.0 Å². The van der Waals surface area contributed by atoms with E-state index < -0.39 is 0 Å². The summed E-state index contributed by atoms with van der Waals surface area (Å²) in [7, 11) is 0. The van der Waals surface area contributed by atoms with Gasteiger partial charge >= 0.3 is 0 Å². The van der Waals surface area contributed by atoms with Crippen LogP contribution in [0.4, 0.5) is 5.69 Å². The molecule has 0 aliphatic carbocycles. The second kappa shape index (κ2) is 4.87. The first kappa shape index (κ1) is 11.6. The van der Waals surface area contributed by atoms with Crippen molar-refractivity contribution in [3.63, 3.8) is 0 Å². The third kappa shape index (κ3) is 3.66. The summed E-state index contributed by atoms with van der Waals surface area (Å²) < 4.78 is 5.70. The molecule has 0 atom stereocenters. The summed E-state index contributed by atoms with van der Waals surface area (Å²) in [6, 6.07) is 5.72. The van der Waals surface area contributed by atoms with Gasteiger partial charge in [-0.15, -0.1) is 0 Å². The molecule has 0 heterocycles. The van der Waals surface area contributed by atoms with Gasteiger partial charge in [-0.2, -0.15) is 0 Å². The maximum atomic E-state index is 5.75. The van der Waals surface area contributed by atoms with Gasteiger partial charge in [-0.1, -0.05) is 11.6 Å². The minimum atomic E-state index is 0.179. The first-order valence-electron chi connectivity index (χ1n) is 5.20. The van der Waals surface area contributed by atoms with E-state index >= 15 is 0 Å². The van der Waals surface area contributed by atoms with Crippen LogP contribution in [-0.4, -0.2) is 6.10 Å². The predicted octanol–water partition coefficient (Wildman–Crippen LogP) is 3.48. The molecule has 1 aromatic carbocycles. The molecule has 0 fully saturated rings. The van der Waals surface area contributed by atoms with Crippen LogP contribution in [0.1, 0.15) is 33.3 Å². The van der Waals surface area contributed by atoms with Gasteiger partial charge in [0.2, 0.25) is 0 Å². The molecule has 2 nitrogen and oxygen atoms in total. The molecule has 1 aromatic rings. The van der Waals surface area contributed by atoms with E-state index in [1.807, 2.05) is 32.0 Å². The second-order valence-corrected chi connectivity index (χ2v) is 4.19. The molecule has 2 heteroatoms. The standard InChI is InChI=1S/C13H19NO/c1-9(2)7-11-8-12(14)5-6-13(11)15-10(3)4/h5-8,10H,14H2,1-4H3. The molecule has 0 aromatic heterocycles. The molecule has 0 amide bonds. The first-order chi connectivity index (χ1) is 6.99. The van der Waals surface area contributed by atoms with Crippen LogP contribution in [-0.2, 0) is 0 Å². The largest absolute Gasteiger partial charge is 0.490 e. The lowest BCUT2D eigenvalue weighted by Gasteiger charge is -2.13. The van der Waals surface area contributed by atoms with Gasteiger partial charge in [0.05, 0.1) is 6.10 Å². The van der Waals surface area contributed by atoms with Crippen LogP contribution < -0.4 is 10.5 Å². The quantitative estimate of drug-likeness (QED) is 0.767. The maximum Gasteiger partial charge on any atom is 0.127 e. The lowest BCUT2D eigenvalue weighted by molar-refractivity contribution is 0.242. The van der Waals surface area contributed by atoms with Crippen molar-refractivity contribution in [2.75, 3.05) is 5.73 Å². The van der Waals surface area contributed by atoms with Gasteiger partial charge in [-0.3, -0.25) is 0 Å². The summed E-state index contributed by atoms with van der Waals surface area (Å²) in [4.78, 5) is 0. The Balaban J connectivity index is 3.08. The maximum absolute atomic E-state index is 5.75. The number of hydrogen-bond acceptors (Lipinski definition) is 2. The van der Waals surface area contributed by atoms with Crippen LogP contribution in [0.2, 0.25) is 0 Å². The fourth-order valence-electron chi connectivity index (χ4n) is 1.35. The van der Waals surface area contributed by atoms with Crippen molar-refractivity contribution in [2.45, 2.75) is 33.8 Å². The van der Waals surface area contributed by atoms with E-state index in [0.29, 0.717) is 0 Å². The van der Waals surface area contributed by atoms with Crippen molar-refractivity contribution in [3.05, 3.63) is 29.3 Å². The van der Waals surface area contributed by atoms with Crippen LogP contribution in [0.25, 0.3) is 6.08 Å². The number of nitrogen functional groups attached to an aromatic ring is 1. The fourth-order valence-corrected chi connectivity index (χ4v) is 1.35. The van der Waals surface area contributed by atoms with Crippen molar-refractivity contribution < 1.29 is 4.74 Å². The van der Waals surface area contributed by atoms with Crippen LogP contribution in [0, 0.1) is 0 Å². The van der Waals surface area contributed by atoms with Crippen molar-refractivity contribution in [3.8, 4) is 5.75 Å². The molecule has 0 aliphatic heterocycles. The lowest BCUT2D eigenvalue weighted by atomic mass is 10.1. The van der Waals surface area contributed by atoms with E-state index in [9.17, 15) is 0 Å². The summed E-state index contributed by atoms with van der Waals surface area (Å²) in [5.74, 6) is 0.889. The third-order valence-electron chi connectivity index (χ3n) is 1.84. The van der Waals surface area contributed by atoms with E-state index in [1.165, 1.54) is 5.57 Å². The fraction of sp³-hybridized carbons (Fsp3) is 0.385. The average Bonchev–Trinajstić information content (AvgIpc) is 2.08. The molecule has 0 radical (unpaired) electrons. The van der Waals surface area contributed by atoms with Crippen molar-refractivity contribution in [1.82, 2.24) is 0 Å². The van der Waals surface area contributed by atoms with Crippen molar-refractivity contribution >= 4 is 11.8 Å². The molecule has 0 aliphatic rings. The number of hydrogen-bond donors (Lipinski definition) is 1. The number of nitrogens with two attached hydrogens (primary N) is 1. The Morgan fingerprint density at radius 1 is 1.33 bits per heavy atom. The third-order valence-corrected chi connectivity index (χ3v) is 1.84. The van der Waals surface area contributed by atoms with Gasteiger partial charge in [0.15, 0.2) is 0 Å². The minimum absolute atomic E-state index is 0.179. The first-order valence-corrected chi connectivity index (χ1v) is 5.20. The SMILES string of the molecule is CC(C)=Cc1cc(N)ccc1OC(C)C. The molecule has 0 saturated carbocycles. The number of anilines is 1. The highest BCUT2D eigenvalue weighted by atomic mass is 16.5. The minimum Gasteiger partial charge on any atom is -0.490 e. The second-order valence-electron chi connectivity index (χ2n) is 4.19.